The number of nitrogens with zero attached hydrogens (tertiary/aromatic N) is 6. The fourth-order valence-electron chi connectivity index (χ4n) is 2.99. The third kappa shape index (κ3) is 3.39. The maximum absolute atomic E-state index is 12.7. The highest BCUT2D eigenvalue weighted by Gasteiger charge is 2.22. The molecule has 26 heavy (non-hydrogen) atoms. The molecule has 0 bridgehead atoms. The van der Waals surface area contributed by atoms with Gasteiger partial charge in [-0.05, 0) is 36.4 Å². The highest BCUT2D eigenvalue weighted by atomic mass is 35.5. The lowest BCUT2D eigenvalue weighted by atomic mass is 10.1. The van der Waals surface area contributed by atoms with E-state index in [2.05, 4.69) is 20.1 Å². The molecule has 7 nitrogen and oxygen atoms in total. The molecule has 0 N–H and O–H groups in total. The van der Waals surface area contributed by atoms with Crippen molar-refractivity contribution in [3.8, 4) is 5.69 Å². The fraction of sp³-hybridized carbons (Fsp3) is 0.222. The van der Waals surface area contributed by atoms with Crippen molar-refractivity contribution < 1.29 is 4.79 Å². The fourth-order valence-corrected chi connectivity index (χ4v) is 3.10. The Morgan fingerprint density at radius 3 is 2.23 bits per heavy atom. The molecule has 2 aromatic heterocycles. The summed E-state index contributed by atoms with van der Waals surface area (Å²) >= 11 is 5.88. The first-order chi connectivity index (χ1) is 12.7. The molecule has 0 radical (unpaired) electrons. The minimum absolute atomic E-state index is 0.0454. The number of carbonyl (C=O) groups is 1. The van der Waals surface area contributed by atoms with Crippen LogP contribution in [0.3, 0.4) is 0 Å². The number of pyridine rings is 1. The molecular weight excluding hydrogens is 352 g/mol. The Hall–Kier alpha value is -2.93. The molecule has 1 fully saturated rings. The van der Waals surface area contributed by atoms with Crippen LogP contribution in [0.2, 0.25) is 5.02 Å². The summed E-state index contributed by atoms with van der Waals surface area (Å²) in [5.74, 6) is 0.934. The van der Waals surface area contributed by atoms with Gasteiger partial charge in [-0.2, -0.15) is 0 Å². The van der Waals surface area contributed by atoms with E-state index in [-0.39, 0.29) is 5.91 Å². The lowest BCUT2D eigenvalue weighted by Crippen LogP contribution is -2.49. The Balaban J connectivity index is 1.39. The molecule has 1 aliphatic rings. The van der Waals surface area contributed by atoms with E-state index in [1.165, 1.54) is 0 Å². The van der Waals surface area contributed by atoms with Crippen molar-refractivity contribution in [2.75, 3.05) is 31.1 Å². The molecule has 1 aliphatic heterocycles. The van der Waals surface area contributed by atoms with Crippen molar-refractivity contribution in [3.63, 3.8) is 0 Å². The molecular formula is C18H17ClN6O. The zero-order valence-corrected chi connectivity index (χ0v) is 14.8. The van der Waals surface area contributed by atoms with Gasteiger partial charge in [-0.3, -0.25) is 9.36 Å². The summed E-state index contributed by atoms with van der Waals surface area (Å²) in [4.78, 5) is 21.1. The lowest BCUT2D eigenvalue weighted by molar-refractivity contribution is 0.0746. The van der Waals surface area contributed by atoms with Crippen LogP contribution in [0.5, 0.6) is 0 Å². The van der Waals surface area contributed by atoms with Gasteiger partial charge in [0.2, 0.25) is 0 Å². The van der Waals surface area contributed by atoms with Crippen LogP contribution in [0.15, 0.2) is 55.2 Å². The number of aromatic nitrogens is 4. The average molecular weight is 369 g/mol. The van der Waals surface area contributed by atoms with Crippen LogP contribution in [0, 0.1) is 0 Å². The van der Waals surface area contributed by atoms with Crippen LogP contribution in [-0.2, 0) is 0 Å². The Kier molecular flexibility index (Phi) is 4.53. The van der Waals surface area contributed by atoms with E-state index in [1.54, 1.807) is 23.4 Å². The summed E-state index contributed by atoms with van der Waals surface area (Å²) in [7, 11) is 0. The van der Waals surface area contributed by atoms with Gasteiger partial charge in [-0.1, -0.05) is 11.6 Å². The van der Waals surface area contributed by atoms with Crippen molar-refractivity contribution in [2.45, 2.75) is 0 Å². The number of rotatable bonds is 3. The number of anilines is 1. The molecule has 132 valence electrons. The maximum atomic E-state index is 12.7. The Labute approximate surface area is 155 Å². The molecule has 1 amide bonds. The van der Waals surface area contributed by atoms with Gasteiger partial charge in [-0.15, -0.1) is 10.2 Å². The first-order valence-electron chi connectivity index (χ1n) is 8.31. The Bertz CT molecular complexity index is 871. The first kappa shape index (κ1) is 16.5. The van der Waals surface area contributed by atoms with Gasteiger partial charge in [0.25, 0.3) is 5.91 Å². The molecule has 0 spiro atoms. The predicted octanol–water partition coefficient (Wildman–Crippen LogP) is 2.28. The van der Waals surface area contributed by atoms with Gasteiger partial charge >= 0.3 is 0 Å². The second-order valence-corrected chi connectivity index (χ2v) is 6.47. The van der Waals surface area contributed by atoms with Crippen molar-refractivity contribution in [2.24, 2.45) is 0 Å². The summed E-state index contributed by atoms with van der Waals surface area (Å²) in [6.45, 7) is 2.82. The molecule has 3 heterocycles. The average Bonchev–Trinajstić information content (AvgIpc) is 3.23. The largest absolute Gasteiger partial charge is 0.353 e. The van der Waals surface area contributed by atoms with Crippen LogP contribution >= 0.6 is 11.6 Å². The molecule has 0 atom stereocenters. The summed E-state index contributed by atoms with van der Waals surface area (Å²) < 4.78 is 1.80. The highest BCUT2D eigenvalue weighted by Crippen LogP contribution is 2.17. The van der Waals surface area contributed by atoms with Gasteiger partial charge in [-0.25, -0.2) is 4.98 Å². The van der Waals surface area contributed by atoms with E-state index in [1.807, 2.05) is 41.3 Å². The van der Waals surface area contributed by atoms with Crippen molar-refractivity contribution in [1.82, 2.24) is 24.6 Å². The highest BCUT2D eigenvalue weighted by molar-refractivity contribution is 6.30. The summed E-state index contributed by atoms with van der Waals surface area (Å²) in [5, 5.41) is 8.20. The molecule has 4 rings (SSSR count). The Morgan fingerprint density at radius 2 is 1.62 bits per heavy atom. The van der Waals surface area contributed by atoms with Gasteiger partial charge in [0.1, 0.15) is 18.5 Å². The van der Waals surface area contributed by atoms with Crippen LogP contribution in [0.1, 0.15) is 10.4 Å². The predicted molar refractivity (Wildman–Crippen MR) is 98.7 cm³/mol. The number of piperazine rings is 1. The molecule has 0 saturated carbocycles. The molecule has 0 unspecified atom stereocenters. The number of amides is 1. The minimum Gasteiger partial charge on any atom is -0.353 e. The van der Waals surface area contributed by atoms with Crippen molar-refractivity contribution in [1.29, 1.82) is 0 Å². The van der Waals surface area contributed by atoms with Gasteiger partial charge < -0.3 is 9.80 Å². The number of halogens is 1. The van der Waals surface area contributed by atoms with E-state index in [0.717, 1.165) is 24.6 Å². The number of benzene rings is 1. The van der Waals surface area contributed by atoms with Crippen molar-refractivity contribution >= 4 is 23.3 Å². The first-order valence-corrected chi connectivity index (χ1v) is 8.69. The maximum Gasteiger partial charge on any atom is 0.253 e. The summed E-state index contributed by atoms with van der Waals surface area (Å²) in [6.07, 6.45) is 4.90. The van der Waals surface area contributed by atoms with Gasteiger partial charge in [0.05, 0.1) is 5.02 Å². The molecule has 1 aromatic carbocycles. The molecule has 8 heteroatoms. The van der Waals surface area contributed by atoms with Crippen LogP contribution < -0.4 is 4.90 Å². The van der Waals surface area contributed by atoms with E-state index >= 15 is 0 Å². The summed E-state index contributed by atoms with van der Waals surface area (Å²) in [5.41, 5.74) is 1.60. The summed E-state index contributed by atoms with van der Waals surface area (Å²) in [6, 6.07) is 11.2. The van der Waals surface area contributed by atoms with E-state index in [0.29, 0.717) is 23.7 Å². The molecule has 1 saturated heterocycles. The van der Waals surface area contributed by atoms with Crippen molar-refractivity contribution in [3.05, 3.63) is 65.8 Å². The van der Waals surface area contributed by atoms with E-state index in [9.17, 15) is 4.79 Å². The van der Waals surface area contributed by atoms with Crippen LogP contribution in [0.25, 0.3) is 5.69 Å². The number of carbonyl (C=O) groups excluding carboxylic acids is 1. The monoisotopic (exact) mass is 368 g/mol. The molecule has 0 aliphatic carbocycles. The zero-order chi connectivity index (χ0) is 17.9. The number of hydrogen-bond acceptors (Lipinski definition) is 5. The van der Waals surface area contributed by atoms with Crippen LogP contribution in [0.4, 0.5) is 5.82 Å². The zero-order valence-electron chi connectivity index (χ0n) is 14.0. The third-order valence-electron chi connectivity index (χ3n) is 4.43. The minimum atomic E-state index is 0.0454. The second-order valence-electron chi connectivity index (χ2n) is 6.03. The Morgan fingerprint density at radius 1 is 0.923 bits per heavy atom. The quantitative estimate of drug-likeness (QED) is 0.709. The third-order valence-corrected chi connectivity index (χ3v) is 4.66. The van der Waals surface area contributed by atoms with E-state index in [4.69, 9.17) is 11.6 Å². The van der Waals surface area contributed by atoms with Gasteiger partial charge in [0.15, 0.2) is 0 Å². The standard InChI is InChI=1S/C18H17ClN6O/c19-15-3-6-17(20-11-15)23-7-9-24(10-8-23)18(26)14-1-4-16(5-2-14)25-12-21-22-13-25/h1-6,11-13H,7-10H2. The second kappa shape index (κ2) is 7.13. The molecule has 3 aromatic rings. The van der Waals surface area contributed by atoms with Crippen LogP contribution in [-0.4, -0.2) is 56.7 Å². The smallest absolute Gasteiger partial charge is 0.253 e. The van der Waals surface area contributed by atoms with Gasteiger partial charge in [0, 0.05) is 43.6 Å². The SMILES string of the molecule is O=C(c1ccc(-n2cnnc2)cc1)N1CCN(c2ccc(Cl)cn2)CC1. The lowest BCUT2D eigenvalue weighted by Gasteiger charge is -2.35. The van der Waals surface area contributed by atoms with E-state index < -0.39 is 0 Å². The topological polar surface area (TPSA) is 67.2 Å². The normalized spacial score (nSPS) is 14.5. The number of hydrogen-bond donors (Lipinski definition) is 0.